The van der Waals surface area contributed by atoms with Gasteiger partial charge in [-0.2, -0.15) is 13.2 Å². The summed E-state index contributed by atoms with van der Waals surface area (Å²) in [4.78, 5) is 20.4. The van der Waals surface area contributed by atoms with Crippen LogP contribution in [0.15, 0.2) is 18.2 Å². The van der Waals surface area contributed by atoms with Crippen molar-refractivity contribution in [3.05, 3.63) is 33.9 Å². The number of ketones is 1. The van der Waals surface area contributed by atoms with Crippen molar-refractivity contribution < 1.29 is 27.6 Å². The van der Waals surface area contributed by atoms with E-state index in [2.05, 4.69) is 4.74 Å². The molecule has 0 N–H and O–H groups in total. The number of alkyl halides is 3. The van der Waals surface area contributed by atoms with E-state index >= 15 is 0 Å². The third kappa shape index (κ3) is 2.71. The highest BCUT2D eigenvalue weighted by molar-refractivity contribution is 6.03. The molecule has 17 heavy (non-hydrogen) atoms. The fourth-order valence-electron chi connectivity index (χ4n) is 1.13. The van der Waals surface area contributed by atoms with Crippen molar-refractivity contribution in [2.45, 2.75) is 6.18 Å². The van der Waals surface area contributed by atoms with Crippen molar-refractivity contribution in [2.24, 2.45) is 0 Å². The minimum Gasteiger partial charge on any atom is -0.497 e. The smallest absolute Gasteiger partial charge is 0.455 e. The Morgan fingerprint density at radius 1 is 1.41 bits per heavy atom. The molecule has 0 spiro atoms. The lowest BCUT2D eigenvalue weighted by Crippen LogP contribution is -2.23. The molecular weight excluding hydrogens is 243 g/mol. The summed E-state index contributed by atoms with van der Waals surface area (Å²) in [6.07, 6.45) is -5.15. The van der Waals surface area contributed by atoms with Gasteiger partial charge in [-0.3, -0.25) is 14.9 Å². The van der Waals surface area contributed by atoms with Gasteiger partial charge in [-0.15, -0.1) is 0 Å². The van der Waals surface area contributed by atoms with E-state index in [1.54, 1.807) is 0 Å². The van der Waals surface area contributed by atoms with Crippen molar-refractivity contribution in [2.75, 3.05) is 7.11 Å². The molecule has 0 aliphatic carbocycles. The lowest BCUT2D eigenvalue weighted by atomic mass is 10.1. The molecule has 0 atom stereocenters. The quantitative estimate of drug-likeness (QED) is 0.468. The molecule has 92 valence electrons. The number of nitro groups is 1. The van der Waals surface area contributed by atoms with Crippen LogP contribution in [0.2, 0.25) is 0 Å². The minimum absolute atomic E-state index is 0.00424. The molecule has 0 amide bonds. The van der Waals surface area contributed by atoms with Gasteiger partial charge in [0, 0.05) is 0 Å². The predicted octanol–water partition coefficient (Wildman–Crippen LogP) is 2.35. The van der Waals surface area contributed by atoms with Gasteiger partial charge in [0.1, 0.15) is 11.3 Å². The first-order chi connectivity index (χ1) is 7.77. The molecule has 0 aliphatic rings. The van der Waals surface area contributed by atoms with Gasteiger partial charge in [-0.1, -0.05) is 0 Å². The highest BCUT2D eigenvalue weighted by atomic mass is 19.4. The molecule has 0 bridgehead atoms. The Kier molecular flexibility index (Phi) is 3.35. The summed E-state index contributed by atoms with van der Waals surface area (Å²) in [5.74, 6) is -2.26. The van der Waals surface area contributed by atoms with Crippen molar-refractivity contribution in [1.29, 1.82) is 0 Å². The fourth-order valence-corrected chi connectivity index (χ4v) is 1.13. The number of hydrogen-bond donors (Lipinski definition) is 0. The molecule has 1 rings (SSSR count). The summed E-state index contributed by atoms with van der Waals surface area (Å²) in [5.41, 5.74) is -1.95. The van der Waals surface area contributed by atoms with Crippen LogP contribution in [0.25, 0.3) is 0 Å². The topological polar surface area (TPSA) is 69.4 Å². The van der Waals surface area contributed by atoms with Crippen LogP contribution in [-0.4, -0.2) is 24.0 Å². The molecular formula is C9H6F3NO4. The number of nitrogens with zero attached hydrogens (tertiary/aromatic N) is 1. The van der Waals surface area contributed by atoms with Crippen LogP contribution in [0.1, 0.15) is 10.4 Å². The number of nitro benzene ring substituents is 1. The number of ether oxygens (including phenoxy) is 1. The van der Waals surface area contributed by atoms with Crippen molar-refractivity contribution in [3.63, 3.8) is 0 Å². The fraction of sp³-hybridized carbons (Fsp3) is 0.222. The SMILES string of the molecule is COc1ccc(C(=O)C(F)(F)F)c([N+](=O)[O-])c1. The van der Waals surface area contributed by atoms with Crippen LogP contribution < -0.4 is 4.74 Å². The third-order valence-corrected chi connectivity index (χ3v) is 1.90. The average molecular weight is 249 g/mol. The van der Waals surface area contributed by atoms with Gasteiger partial charge in [0.15, 0.2) is 0 Å². The van der Waals surface area contributed by atoms with Gasteiger partial charge >= 0.3 is 6.18 Å². The number of Topliss-reactive ketones (excluding diaryl/α,β-unsaturated/α-hetero) is 1. The summed E-state index contributed by atoms with van der Waals surface area (Å²) in [7, 11) is 1.20. The molecule has 5 nitrogen and oxygen atoms in total. The van der Waals surface area contributed by atoms with E-state index in [1.807, 2.05) is 0 Å². The van der Waals surface area contributed by atoms with E-state index < -0.39 is 28.1 Å². The maximum absolute atomic E-state index is 12.2. The van der Waals surface area contributed by atoms with Gasteiger partial charge in [-0.25, -0.2) is 0 Å². The van der Waals surface area contributed by atoms with E-state index in [1.165, 1.54) is 7.11 Å². The first kappa shape index (κ1) is 12.9. The zero-order valence-electron chi connectivity index (χ0n) is 8.45. The van der Waals surface area contributed by atoms with Crippen LogP contribution in [-0.2, 0) is 0 Å². The summed E-state index contributed by atoms with van der Waals surface area (Å²) >= 11 is 0. The highest BCUT2D eigenvalue weighted by Gasteiger charge is 2.42. The zero-order valence-corrected chi connectivity index (χ0v) is 8.45. The standard InChI is InChI=1S/C9H6F3NO4/c1-17-5-2-3-6(7(4-5)13(15)16)8(14)9(10,11)12/h2-4H,1H3. The second-order valence-corrected chi connectivity index (χ2v) is 2.97. The molecule has 0 fully saturated rings. The minimum atomic E-state index is -5.15. The Labute approximate surface area is 93.0 Å². The molecule has 0 aromatic heterocycles. The third-order valence-electron chi connectivity index (χ3n) is 1.90. The molecule has 0 saturated heterocycles. The van der Waals surface area contributed by atoms with Gasteiger partial charge in [0.05, 0.1) is 18.1 Å². The average Bonchev–Trinajstić information content (AvgIpc) is 2.25. The predicted molar refractivity (Wildman–Crippen MR) is 50.0 cm³/mol. The van der Waals surface area contributed by atoms with E-state index in [0.717, 1.165) is 12.1 Å². The Bertz CT molecular complexity index is 470. The monoisotopic (exact) mass is 249 g/mol. The summed E-state index contributed by atoms with van der Waals surface area (Å²) in [6, 6.07) is 2.53. The van der Waals surface area contributed by atoms with E-state index in [-0.39, 0.29) is 5.75 Å². The van der Waals surface area contributed by atoms with E-state index in [9.17, 15) is 28.1 Å². The van der Waals surface area contributed by atoms with Crippen molar-refractivity contribution in [3.8, 4) is 5.75 Å². The van der Waals surface area contributed by atoms with E-state index in [4.69, 9.17) is 0 Å². The van der Waals surface area contributed by atoms with Gasteiger partial charge in [0.25, 0.3) is 11.5 Å². The molecule has 1 aromatic rings. The number of carbonyl (C=O) groups is 1. The normalized spacial score (nSPS) is 11.1. The first-order valence-corrected chi connectivity index (χ1v) is 4.21. The van der Waals surface area contributed by atoms with Crippen LogP contribution in [0.5, 0.6) is 5.75 Å². The van der Waals surface area contributed by atoms with Crippen LogP contribution in [0, 0.1) is 10.1 Å². The molecule has 0 heterocycles. The second-order valence-electron chi connectivity index (χ2n) is 2.97. The number of halogens is 3. The first-order valence-electron chi connectivity index (χ1n) is 4.21. The maximum atomic E-state index is 12.2. The zero-order chi connectivity index (χ0) is 13.2. The maximum Gasteiger partial charge on any atom is 0.455 e. The Morgan fingerprint density at radius 3 is 2.41 bits per heavy atom. The van der Waals surface area contributed by atoms with Gasteiger partial charge < -0.3 is 4.74 Å². The molecule has 1 aromatic carbocycles. The molecule has 0 saturated carbocycles. The van der Waals surface area contributed by atoms with Crippen LogP contribution in [0.3, 0.4) is 0 Å². The lowest BCUT2D eigenvalue weighted by molar-refractivity contribution is -0.385. The highest BCUT2D eigenvalue weighted by Crippen LogP contribution is 2.30. The summed E-state index contributed by atoms with van der Waals surface area (Å²) < 4.78 is 41.1. The molecule has 0 unspecified atom stereocenters. The number of carbonyl (C=O) groups excluding carboxylic acids is 1. The Hall–Kier alpha value is -2.12. The van der Waals surface area contributed by atoms with Gasteiger partial charge in [-0.05, 0) is 12.1 Å². The van der Waals surface area contributed by atoms with Crippen molar-refractivity contribution >= 4 is 11.5 Å². The Morgan fingerprint density at radius 2 is 2.00 bits per heavy atom. The molecule has 0 aliphatic heterocycles. The number of benzene rings is 1. The van der Waals surface area contributed by atoms with Crippen LogP contribution in [0.4, 0.5) is 18.9 Å². The second kappa shape index (κ2) is 4.40. The number of methoxy groups -OCH3 is 1. The van der Waals surface area contributed by atoms with Crippen LogP contribution >= 0.6 is 0 Å². The van der Waals surface area contributed by atoms with Crippen molar-refractivity contribution in [1.82, 2.24) is 0 Å². The summed E-state index contributed by atoms with van der Waals surface area (Å²) in [6.45, 7) is 0. The lowest BCUT2D eigenvalue weighted by Gasteiger charge is -2.06. The Balaban J connectivity index is 3.34. The molecule has 0 radical (unpaired) electrons. The molecule has 8 heteroatoms. The number of hydrogen-bond acceptors (Lipinski definition) is 4. The largest absolute Gasteiger partial charge is 0.497 e. The van der Waals surface area contributed by atoms with Gasteiger partial charge in [0.2, 0.25) is 0 Å². The van der Waals surface area contributed by atoms with E-state index in [0.29, 0.717) is 6.07 Å². The number of rotatable bonds is 3. The summed E-state index contributed by atoms with van der Waals surface area (Å²) in [5, 5.41) is 10.6.